The summed E-state index contributed by atoms with van der Waals surface area (Å²) in [4.78, 5) is 4.12. The molecular weight excluding hydrogens is 282 g/mol. The monoisotopic (exact) mass is 303 g/mol. The van der Waals surface area contributed by atoms with Gasteiger partial charge in [-0.25, -0.2) is 0 Å². The van der Waals surface area contributed by atoms with Gasteiger partial charge in [0.1, 0.15) is 0 Å². The highest BCUT2D eigenvalue weighted by atomic mass is 32.2. The van der Waals surface area contributed by atoms with Crippen molar-refractivity contribution in [3.05, 3.63) is 58.8 Å². The number of thioether (sulfide) groups is 1. The zero-order chi connectivity index (χ0) is 14.4. The summed E-state index contributed by atoms with van der Waals surface area (Å²) in [5, 5.41) is 3.63. The second-order valence-corrected chi connectivity index (χ2v) is 6.88. The number of rotatable bonds is 7. The van der Waals surface area contributed by atoms with Crippen LogP contribution in [-0.4, -0.2) is 5.75 Å². The summed E-state index contributed by atoms with van der Waals surface area (Å²) in [6, 6.07) is 13.3. The quantitative estimate of drug-likeness (QED) is 0.515. The number of hydrogen-bond acceptors (Lipinski definition) is 3. The van der Waals surface area contributed by atoms with Gasteiger partial charge >= 0.3 is 0 Å². The van der Waals surface area contributed by atoms with Gasteiger partial charge in [0, 0.05) is 26.1 Å². The lowest BCUT2D eigenvalue weighted by Crippen LogP contribution is -2.05. The summed E-state index contributed by atoms with van der Waals surface area (Å²) in [6.07, 6.45) is 3.06. The fourth-order valence-electron chi connectivity index (χ4n) is 1.98. The van der Waals surface area contributed by atoms with E-state index in [4.69, 9.17) is 0 Å². The van der Waals surface area contributed by atoms with Gasteiger partial charge in [0.15, 0.2) is 0 Å². The molecule has 2 aromatic rings. The van der Waals surface area contributed by atoms with Crippen molar-refractivity contribution in [3.8, 4) is 0 Å². The highest BCUT2D eigenvalue weighted by molar-refractivity contribution is 7.99. The molecule has 0 aliphatic rings. The van der Waals surface area contributed by atoms with E-state index < -0.39 is 0 Å². The Bertz CT molecular complexity index is 560. The Hall–Kier alpha value is -1.19. The molecule has 1 nitrogen and oxygen atoms in total. The second kappa shape index (κ2) is 7.55. The molecule has 1 aromatic heterocycles. The lowest BCUT2D eigenvalue weighted by molar-refractivity contribution is 0.902. The van der Waals surface area contributed by atoms with Crippen molar-refractivity contribution >= 4 is 28.8 Å². The van der Waals surface area contributed by atoms with E-state index >= 15 is 0 Å². The summed E-state index contributed by atoms with van der Waals surface area (Å²) in [7, 11) is 0. The van der Waals surface area contributed by atoms with Gasteiger partial charge in [0.2, 0.25) is 0 Å². The molecule has 0 radical (unpaired) electrons. The van der Waals surface area contributed by atoms with Gasteiger partial charge in [-0.05, 0) is 37.6 Å². The second-order valence-electron chi connectivity index (χ2n) is 4.62. The number of nitrogens with one attached hydrogen (secondary N) is 1. The van der Waals surface area contributed by atoms with Gasteiger partial charge < -0.3 is 5.32 Å². The first-order valence-electron chi connectivity index (χ1n) is 6.92. The lowest BCUT2D eigenvalue weighted by Gasteiger charge is -2.16. The van der Waals surface area contributed by atoms with Crippen LogP contribution >= 0.6 is 23.1 Å². The third-order valence-electron chi connectivity index (χ3n) is 3.07. The molecule has 0 bridgehead atoms. The maximum absolute atomic E-state index is 3.79. The Morgan fingerprint density at radius 3 is 2.80 bits per heavy atom. The standard InChI is InChI=1S/C17H21NS2/c1-4-12-19-17-9-7-6-8-15(17)18-13(3)16-11-10-14(5-2)20-16/h4,6-11,13,18H,1,5,12H2,2-3H3. The van der Waals surface area contributed by atoms with Crippen LogP contribution in [0.2, 0.25) is 0 Å². The molecule has 0 fully saturated rings. The first-order chi connectivity index (χ1) is 9.74. The molecule has 1 N–H and O–H groups in total. The van der Waals surface area contributed by atoms with E-state index in [2.05, 4.69) is 62.1 Å². The van der Waals surface area contributed by atoms with Crippen molar-refractivity contribution in [2.45, 2.75) is 31.2 Å². The van der Waals surface area contributed by atoms with Crippen molar-refractivity contribution in [1.82, 2.24) is 0 Å². The minimum atomic E-state index is 0.339. The number of thiophene rings is 1. The molecule has 1 heterocycles. The Morgan fingerprint density at radius 2 is 2.10 bits per heavy atom. The molecule has 0 amide bonds. The highest BCUT2D eigenvalue weighted by Crippen LogP contribution is 2.32. The van der Waals surface area contributed by atoms with Crippen LogP contribution in [0.25, 0.3) is 0 Å². The van der Waals surface area contributed by atoms with Crippen LogP contribution in [0.5, 0.6) is 0 Å². The highest BCUT2D eigenvalue weighted by Gasteiger charge is 2.10. The van der Waals surface area contributed by atoms with E-state index in [9.17, 15) is 0 Å². The van der Waals surface area contributed by atoms with Crippen LogP contribution in [-0.2, 0) is 6.42 Å². The first-order valence-corrected chi connectivity index (χ1v) is 8.72. The zero-order valence-corrected chi connectivity index (χ0v) is 13.7. The Labute approximate surface area is 130 Å². The Balaban J connectivity index is 2.10. The fourth-order valence-corrected chi connectivity index (χ4v) is 3.69. The molecule has 1 unspecified atom stereocenters. The Morgan fingerprint density at radius 1 is 1.30 bits per heavy atom. The van der Waals surface area contributed by atoms with Gasteiger partial charge in [-0.15, -0.1) is 29.7 Å². The summed E-state index contributed by atoms with van der Waals surface area (Å²) in [5.41, 5.74) is 1.21. The number of hydrogen-bond donors (Lipinski definition) is 1. The van der Waals surface area contributed by atoms with Crippen LogP contribution < -0.4 is 5.32 Å². The normalized spacial score (nSPS) is 12.1. The molecular formula is C17H21NS2. The molecule has 3 heteroatoms. The minimum Gasteiger partial charge on any atom is -0.377 e. The van der Waals surface area contributed by atoms with Crippen molar-refractivity contribution in [2.24, 2.45) is 0 Å². The van der Waals surface area contributed by atoms with Crippen LogP contribution in [0.3, 0.4) is 0 Å². The predicted octanol–water partition coefficient (Wildman–Crippen LogP) is 5.76. The first kappa shape index (κ1) is 15.2. The molecule has 1 aromatic carbocycles. The van der Waals surface area contributed by atoms with Gasteiger partial charge in [0.25, 0.3) is 0 Å². The number of anilines is 1. The van der Waals surface area contributed by atoms with Crippen LogP contribution in [0.15, 0.2) is 53.9 Å². The van der Waals surface area contributed by atoms with Crippen LogP contribution in [0.1, 0.15) is 29.6 Å². The van der Waals surface area contributed by atoms with Gasteiger partial charge in [-0.1, -0.05) is 25.1 Å². The maximum atomic E-state index is 3.79. The van der Waals surface area contributed by atoms with Gasteiger partial charge in [-0.2, -0.15) is 0 Å². The topological polar surface area (TPSA) is 12.0 Å². The van der Waals surface area contributed by atoms with Crippen LogP contribution in [0.4, 0.5) is 5.69 Å². The molecule has 2 rings (SSSR count). The molecule has 1 atom stereocenters. The molecule has 0 aliphatic carbocycles. The summed E-state index contributed by atoms with van der Waals surface area (Å²) in [5.74, 6) is 0.937. The van der Waals surface area contributed by atoms with E-state index in [1.165, 1.54) is 20.3 Å². The number of aryl methyl sites for hydroxylation is 1. The summed E-state index contributed by atoms with van der Waals surface area (Å²) in [6.45, 7) is 8.21. The fraction of sp³-hybridized carbons (Fsp3) is 0.294. The van der Waals surface area contributed by atoms with Crippen molar-refractivity contribution in [1.29, 1.82) is 0 Å². The predicted molar refractivity (Wildman–Crippen MR) is 93.1 cm³/mol. The molecule has 20 heavy (non-hydrogen) atoms. The average molecular weight is 303 g/mol. The average Bonchev–Trinajstić information content (AvgIpc) is 2.95. The van der Waals surface area contributed by atoms with Crippen molar-refractivity contribution in [2.75, 3.05) is 11.1 Å². The van der Waals surface area contributed by atoms with Gasteiger partial charge in [0.05, 0.1) is 6.04 Å². The van der Waals surface area contributed by atoms with Crippen molar-refractivity contribution in [3.63, 3.8) is 0 Å². The van der Waals surface area contributed by atoms with E-state index in [0.717, 1.165) is 12.2 Å². The zero-order valence-electron chi connectivity index (χ0n) is 12.1. The van der Waals surface area contributed by atoms with E-state index in [1.807, 2.05) is 29.2 Å². The summed E-state index contributed by atoms with van der Waals surface area (Å²) < 4.78 is 0. The van der Waals surface area contributed by atoms with E-state index in [1.54, 1.807) is 0 Å². The minimum absolute atomic E-state index is 0.339. The third-order valence-corrected chi connectivity index (χ3v) is 5.56. The number of benzene rings is 1. The van der Waals surface area contributed by atoms with Crippen molar-refractivity contribution < 1.29 is 0 Å². The third kappa shape index (κ3) is 3.90. The Kier molecular flexibility index (Phi) is 5.74. The smallest absolute Gasteiger partial charge is 0.0578 e. The van der Waals surface area contributed by atoms with E-state index in [0.29, 0.717) is 6.04 Å². The molecule has 0 spiro atoms. The number of para-hydroxylation sites is 1. The molecule has 0 saturated carbocycles. The molecule has 106 valence electrons. The lowest BCUT2D eigenvalue weighted by atomic mass is 10.2. The van der Waals surface area contributed by atoms with E-state index in [-0.39, 0.29) is 0 Å². The maximum Gasteiger partial charge on any atom is 0.0578 e. The SMILES string of the molecule is C=CCSc1ccccc1NC(C)c1ccc(CC)s1. The molecule has 0 saturated heterocycles. The van der Waals surface area contributed by atoms with Crippen LogP contribution in [0, 0.1) is 0 Å². The van der Waals surface area contributed by atoms with Gasteiger partial charge in [-0.3, -0.25) is 0 Å². The largest absolute Gasteiger partial charge is 0.377 e. The summed E-state index contributed by atoms with van der Waals surface area (Å²) >= 11 is 3.72. The molecule has 0 aliphatic heterocycles.